The fraction of sp³-hybridized carbons (Fsp3) is 0.455. The van der Waals surface area contributed by atoms with Crippen LogP contribution in [0.5, 0.6) is 0 Å². The molecule has 1 aromatic carbocycles. The van der Waals surface area contributed by atoms with Crippen LogP contribution in [0.1, 0.15) is 13.3 Å². The summed E-state index contributed by atoms with van der Waals surface area (Å²) in [6, 6.07) is 7.17. The molecule has 0 saturated heterocycles. The Morgan fingerprint density at radius 3 is 2.60 bits per heavy atom. The highest BCUT2D eigenvalue weighted by atomic mass is 32.2. The summed E-state index contributed by atoms with van der Waals surface area (Å²) in [6.07, 6.45) is 0.824. The molecule has 2 N–H and O–H groups in total. The van der Waals surface area contributed by atoms with Crippen LogP contribution in [0.25, 0.3) is 0 Å². The van der Waals surface area contributed by atoms with Gasteiger partial charge in [-0.15, -0.1) is 0 Å². The van der Waals surface area contributed by atoms with Crippen molar-refractivity contribution in [1.29, 1.82) is 0 Å². The quantitative estimate of drug-likeness (QED) is 0.595. The topological polar surface area (TPSA) is 52.3 Å². The van der Waals surface area contributed by atoms with Crippen molar-refractivity contribution in [1.82, 2.24) is 0 Å². The Morgan fingerprint density at radius 1 is 1.33 bits per heavy atom. The van der Waals surface area contributed by atoms with E-state index in [0.717, 1.165) is 11.3 Å². The number of hydrogen-bond acceptors (Lipinski definition) is 3. The van der Waals surface area contributed by atoms with E-state index in [9.17, 15) is 4.21 Å². The summed E-state index contributed by atoms with van der Waals surface area (Å²) >= 11 is 0. The second-order valence-corrected chi connectivity index (χ2v) is 4.74. The molecule has 0 saturated carbocycles. The first-order valence-electron chi connectivity index (χ1n) is 5.05. The van der Waals surface area contributed by atoms with Gasteiger partial charge in [0, 0.05) is 29.5 Å². The first-order valence-corrected chi connectivity index (χ1v) is 6.37. The number of rotatable bonds is 6. The molecule has 0 spiro atoms. The van der Waals surface area contributed by atoms with E-state index in [4.69, 9.17) is 10.5 Å². The summed E-state index contributed by atoms with van der Waals surface area (Å²) in [4.78, 5) is 0.834. The van der Waals surface area contributed by atoms with Crippen LogP contribution in [-0.4, -0.2) is 23.2 Å². The van der Waals surface area contributed by atoms with Gasteiger partial charge in [0.2, 0.25) is 0 Å². The molecule has 0 aliphatic carbocycles. The Hall–Kier alpha value is -0.870. The molecule has 3 nitrogen and oxygen atoms in total. The van der Waals surface area contributed by atoms with Gasteiger partial charge in [0.05, 0.1) is 10.8 Å². The lowest BCUT2D eigenvalue weighted by Crippen LogP contribution is -2.03. The zero-order valence-electron chi connectivity index (χ0n) is 8.94. The van der Waals surface area contributed by atoms with Crippen LogP contribution in [0.3, 0.4) is 0 Å². The minimum absolute atomic E-state index is 0.643. The van der Waals surface area contributed by atoms with Crippen molar-refractivity contribution in [2.45, 2.75) is 18.2 Å². The van der Waals surface area contributed by atoms with Gasteiger partial charge in [0.25, 0.3) is 0 Å². The third-order valence-corrected chi connectivity index (χ3v) is 3.42. The van der Waals surface area contributed by atoms with Gasteiger partial charge >= 0.3 is 0 Å². The molecule has 0 aromatic heterocycles. The summed E-state index contributed by atoms with van der Waals surface area (Å²) in [7, 11) is -0.931. The average Bonchev–Trinajstić information content (AvgIpc) is 2.25. The van der Waals surface area contributed by atoms with Crippen molar-refractivity contribution in [3.63, 3.8) is 0 Å². The van der Waals surface area contributed by atoms with Gasteiger partial charge in [0.1, 0.15) is 0 Å². The molecule has 1 aromatic rings. The predicted molar refractivity (Wildman–Crippen MR) is 63.2 cm³/mol. The Balaban J connectivity index is 2.37. The van der Waals surface area contributed by atoms with E-state index in [1.54, 1.807) is 12.1 Å². The summed E-state index contributed by atoms with van der Waals surface area (Å²) in [5, 5.41) is 0. The van der Waals surface area contributed by atoms with Crippen molar-refractivity contribution >= 4 is 16.5 Å². The van der Waals surface area contributed by atoms with Crippen molar-refractivity contribution in [2.24, 2.45) is 0 Å². The molecule has 0 aliphatic heterocycles. The standard InChI is InChI=1S/C11H17NO2S/c1-2-14-8-3-9-15(13)11-6-4-10(12)5-7-11/h4-7H,2-3,8-9,12H2,1H3. The lowest BCUT2D eigenvalue weighted by Gasteiger charge is -2.03. The Morgan fingerprint density at radius 2 is 2.00 bits per heavy atom. The molecule has 1 rings (SSSR count). The number of hydrogen-bond donors (Lipinski definition) is 1. The van der Waals surface area contributed by atoms with Gasteiger partial charge in [0.15, 0.2) is 0 Å². The van der Waals surface area contributed by atoms with Crippen LogP contribution in [0.2, 0.25) is 0 Å². The molecule has 0 amide bonds. The van der Waals surface area contributed by atoms with Gasteiger partial charge in [-0.25, -0.2) is 0 Å². The second-order valence-electron chi connectivity index (χ2n) is 3.17. The predicted octanol–water partition coefficient (Wildman–Crippen LogP) is 1.80. The van der Waals surface area contributed by atoms with E-state index in [0.29, 0.717) is 24.7 Å². The molecule has 0 heterocycles. The van der Waals surface area contributed by atoms with E-state index in [2.05, 4.69) is 0 Å². The fourth-order valence-corrected chi connectivity index (χ4v) is 2.23. The van der Waals surface area contributed by atoms with Gasteiger partial charge in [-0.2, -0.15) is 0 Å². The summed E-state index contributed by atoms with van der Waals surface area (Å²) in [6.45, 7) is 3.35. The smallest absolute Gasteiger partial charge is 0.0530 e. The number of nitrogen functional groups attached to an aromatic ring is 1. The maximum atomic E-state index is 11.7. The van der Waals surface area contributed by atoms with E-state index < -0.39 is 10.8 Å². The lowest BCUT2D eigenvalue weighted by atomic mass is 10.3. The van der Waals surface area contributed by atoms with Crippen molar-refractivity contribution in [2.75, 3.05) is 24.7 Å². The molecule has 0 aliphatic rings. The average molecular weight is 227 g/mol. The normalized spacial score (nSPS) is 12.6. The van der Waals surface area contributed by atoms with Gasteiger partial charge in [-0.3, -0.25) is 4.21 Å². The Labute approximate surface area is 93.1 Å². The van der Waals surface area contributed by atoms with Crippen LogP contribution < -0.4 is 5.73 Å². The van der Waals surface area contributed by atoms with Crippen LogP contribution in [0.4, 0.5) is 5.69 Å². The molecular formula is C11H17NO2S. The highest BCUT2D eigenvalue weighted by molar-refractivity contribution is 7.85. The third-order valence-electron chi connectivity index (χ3n) is 1.97. The first kappa shape index (κ1) is 12.2. The van der Waals surface area contributed by atoms with Gasteiger partial charge < -0.3 is 10.5 Å². The van der Waals surface area contributed by atoms with Crippen LogP contribution >= 0.6 is 0 Å². The summed E-state index contributed by atoms with van der Waals surface area (Å²) in [5.41, 5.74) is 6.25. The minimum Gasteiger partial charge on any atom is -0.399 e. The molecular weight excluding hydrogens is 210 g/mol. The minimum atomic E-state index is -0.931. The number of ether oxygens (including phenoxy) is 1. The summed E-state index contributed by atoms with van der Waals surface area (Å²) < 4.78 is 16.9. The number of nitrogens with two attached hydrogens (primary N) is 1. The fourth-order valence-electron chi connectivity index (χ4n) is 1.17. The van der Waals surface area contributed by atoms with E-state index in [1.807, 2.05) is 19.1 Å². The largest absolute Gasteiger partial charge is 0.399 e. The maximum Gasteiger partial charge on any atom is 0.0530 e. The highest BCUT2D eigenvalue weighted by Crippen LogP contribution is 2.10. The van der Waals surface area contributed by atoms with Gasteiger partial charge in [-0.1, -0.05) is 0 Å². The molecule has 4 heteroatoms. The van der Waals surface area contributed by atoms with Crippen LogP contribution in [0.15, 0.2) is 29.2 Å². The SMILES string of the molecule is CCOCCCS(=O)c1ccc(N)cc1. The second kappa shape index (κ2) is 6.58. The molecule has 1 atom stereocenters. The van der Waals surface area contributed by atoms with E-state index >= 15 is 0 Å². The molecule has 0 fully saturated rings. The van der Waals surface area contributed by atoms with Crippen LogP contribution in [-0.2, 0) is 15.5 Å². The molecule has 15 heavy (non-hydrogen) atoms. The van der Waals surface area contributed by atoms with Crippen molar-refractivity contribution < 1.29 is 8.95 Å². The zero-order chi connectivity index (χ0) is 11.1. The Kier molecular flexibility index (Phi) is 5.36. The molecule has 0 radical (unpaired) electrons. The Bertz CT molecular complexity index is 311. The highest BCUT2D eigenvalue weighted by Gasteiger charge is 2.02. The van der Waals surface area contributed by atoms with Crippen LogP contribution in [0, 0.1) is 0 Å². The first-order chi connectivity index (χ1) is 7.24. The monoisotopic (exact) mass is 227 g/mol. The number of benzene rings is 1. The molecule has 1 unspecified atom stereocenters. The van der Waals surface area contributed by atoms with E-state index in [1.165, 1.54) is 0 Å². The van der Waals surface area contributed by atoms with Crippen molar-refractivity contribution in [3.05, 3.63) is 24.3 Å². The maximum absolute atomic E-state index is 11.7. The zero-order valence-corrected chi connectivity index (χ0v) is 9.76. The molecule has 84 valence electrons. The third kappa shape index (κ3) is 4.44. The lowest BCUT2D eigenvalue weighted by molar-refractivity contribution is 0.149. The van der Waals surface area contributed by atoms with Crippen molar-refractivity contribution in [3.8, 4) is 0 Å². The summed E-state index contributed by atoms with van der Waals surface area (Å²) in [5.74, 6) is 0.643. The molecule has 0 bridgehead atoms. The van der Waals surface area contributed by atoms with E-state index in [-0.39, 0.29) is 0 Å². The number of anilines is 1. The van der Waals surface area contributed by atoms with Gasteiger partial charge in [-0.05, 0) is 37.6 Å².